The molecular formula is C18H21F2N7O2. The largest absolute Gasteiger partial charge is 0.415 e. The summed E-state index contributed by atoms with van der Waals surface area (Å²) in [7, 11) is 0. The molecule has 11 heteroatoms. The van der Waals surface area contributed by atoms with Crippen molar-refractivity contribution >= 4 is 6.41 Å². The van der Waals surface area contributed by atoms with Crippen LogP contribution in [0.3, 0.4) is 0 Å². The third-order valence-electron chi connectivity index (χ3n) is 4.45. The lowest BCUT2D eigenvalue weighted by Gasteiger charge is -2.10. The quantitative estimate of drug-likeness (QED) is 0.386. The van der Waals surface area contributed by atoms with E-state index in [4.69, 9.17) is 4.42 Å². The average molecular weight is 405 g/mol. The number of aromatic nitrogens is 6. The van der Waals surface area contributed by atoms with Crippen LogP contribution in [0.4, 0.5) is 8.78 Å². The van der Waals surface area contributed by atoms with Gasteiger partial charge in [-0.05, 0) is 31.4 Å². The molecule has 1 unspecified atom stereocenters. The van der Waals surface area contributed by atoms with E-state index in [0.717, 1.165) is 30.7 Å². The standard InChI is InChI=1S/C18H21F2N7O2/c1-2-12(4-3-7-21-11-28)15-10-27(26-23-15)9-14-6-5-13(8-22-14)17-24-25-18(29-17)16(19)20/h5-6,8,10-12,16H,2-4,7,9H2,1H3,(H,21,28). The molecule has 1 amide bonds. The zero-order valence-electron chi connectivity index (χ0n) is 15.8. The van der Waals surface area contributed by atoms with Gasteiger partial charge in [0.1, 0.15) is 0 Å². The Kier molecular flexibility index (Phi) is 6.93. The van der Waals surface area contributed by atoms with Crippen LogP contribution in [0.15, 0.2) is 28.9 Å². The Hall–Kier alpha value is -3.24. The van der Waals surface area contributed by atoms with Crippen molar-refractivity contribution in [3.63, 3.8) is 0 Å². The maximum Gasteiger partial charge on any atom is 0.314 e. The Morgan fingerprint density at radius 2 is 2.14 bits per heavy atom. The predicted octanol–water partition coefficient (Wildman–Crippen LogP) is 2.73. The van der Waals surface area contributed by atoms with Gasteiger partial charge in [-0.2, -0.15) is 8.78 Å². The Bertz CT molecular complexity index is 911. The van der Waals surface area contributed by atoms with Crippen LogP contribution >= 0.6 is 0 Å². The fraction of sp³-hybridized carbons (Fsp3) is 0.444. The number of hydrogen-bond donors (Lipinski definition) is 1. The van der Waals surface area contributed by atoms with E-state index in [-0.39, 0.29) is 11.8 Å². The Morgan fingerprint density at radius 3 is 2.79 bits per heavy atom. The van der Waals surface area contributed by atoms with Gasteiger partial charge in [0.15, 0.2) is 0 Å². The van der Waals surface area contributed by atoms with Gasteiger partial charge in [0, 0.05) is 24.9 Å². The van der Waals surface area contributed by atoms with Crippen LogP contribution in [-0.2, 0) is 11.3 Å². The van der Waals surface area contributed by atoms with Crippen molar-refractivity contribution in [2.45, 2.75) is 45.1 Å². The average Bonchev–Trinajstić information content (AvgIpc) is 3.39. The summed E-state index contributed by atoms with van der Waals surface area (Å²) >= 11 is 0. The number of nitrogens with one attached hydrogen (secondary N) is 1. The van der Waals surface area contributed by atoms with E-state index >= 15 is 0 Å². The molecular weight excluding hydrogens is 384 g/mol. The number of halogens is 2. The van der Waals surface area contributed by atoms with Crippen LogP contribution in [0.25, 0.3) is 11.5 Å². The normalized spacial score (nSPS) is 12.3. The Balaban J connectivity index is 1.60. The molecule has 3 aromatic rings. The topological polar surface area (TPSA) is 112 Å². The zero-order valence-corrected chi connectivity index (χ0v) is 15.8. The first kappa shape index (κ1) is 20.5. The summed E-state index contributed by atoms with van der Waals surface area (Å²) in [4.78, 5) is 14.6. The lowest BCUT2D eigenvalue weighted by molar-refractivity contribution is -0.109. The summed E-state index contributed by atoms with van der Waals surface area (Å²) in [5.74, 6) is -0.446. The summed E-state index contributed by atoms with van der Waals surface area (Å²) in [5, 5.41) is 18.0. The van der Waals surface area contributed by atoms with E-state index in [1.807, 2.05) is 6.20 Å². The van der Waals surface area contributed by atoms with Gasteiger partial charge in [-0.3, -0.25) is 9.78 Å². The van der Waals surface area contributed by atoms with Gasteiger partial charge in [0.2, 0.25) is 12.3 Å². The van der Waals surface area contributed by atoms with Crippen LogP contribution in [0.2, 0.25) is 0 Å². The van der Waals surface area contributed by atoms with Crippen LogP contribution in [-0.4, -0.2) is 43.1 Å². The third-order valence-corrected chi connectivity index (χ3v) is 4.45. The number of carbonyl (C=O) groups excluding carboxylic acids is 1. The molecule has 0 aliphatic carbocycles. The van der Waals surface area contributed by atoms with E-state index in [9.17, 15) is 13.6 Å². The molecule has 154 valence electrons. The molecule has 0 aliphatic rings. The molecule has 1 N–H and O–H groups in total. The minimum atomic E-state index is -2.81. The van der Waals surface area contributed by atoms with Gasteiger partial charge in [0.25, 0.3) is 5.89 Å². The number of rotatable bonds is 11. The van der Waals surface area contributed by atoms with Crippen molar-refractivity contribution < 1.29 is 18.0 Å². The summed E-state index contributed by atoms with van der Waals surface area (Å²) < 4.78 is 31.7. The molecule has 9 nitrogen and oxygen atoms in total. The minimum absolute atomic E-state index is 0.00255. The smallest absolute Gasteiger partial charge is 0.314 e. The van der Waals surface area contributed by atoms with Crippen molar-refractivity contribution in [2.24, 2.45) is 0 Å². The molecule has 3 heterocycles. The van der Waals surface area contributed by atoms with Crippen molar-refractivity contribution in [1.29, 1.82) is 0 Å². The van der Waals surface area contributed by atoms with E-state index < -0.39 is 12.3 Å². The molecule has 0 fully saturated rings. The number of carbonyl (C=O) groups is 1. The highest BCUT2D eigenvalue weighted by atomic mass is 19.3. The van der Waals surface area contributed by atoms with Crippen LogP contribution in [0.5, 0.6) is 0 Å². The first-order valence-electron chi connectivity index (χ1n) is 9.24. The molecule has 0 saturated carbocycles. The second kappa shape index (κ2) is 9.80. The van der Waals surface area contributed by atoms with Gasteiger partial charge < -0.3 is 9.73 Å². The monoisotopic (exact) mass is 405 g/mol. The molecule has 0 aliphatic heterocycles. The van der Waals surface area contributed by atoms with Crippen LogP contribution in [0, 0.1) is 0 Å². The molecule has 1 atom stereocenters. The van der Waals surface area contributed by atoms with Crippen LogP contribution in [0.1, 0.15) is 55.8 Å². The van der Waals surface area contributed by atoms with Crippen molar-refractivity contribution in [3.05, 3.63) is 41.8 Å². The maximum absolute atomic E-state index is 12.5. The van der Waals surface area contributed by atoms with Crippen molar-refractivity contribution in [1.82, 2.24) is 35.5 Å². The number of nitrogens with zero attached hydrogens (tertiary/aromatic N) is 6. The predicted molar refractivity (Wildman–Crippen MR) is 97.9 cm³/mol. The molecule has 3 aromatic heterocycles. The van der Waals surface area contributed by atoms with Gasteiger partial charge in [-0.1, -0.05) is 12.1 Å². The van der Waals surface area contributed by atoms with Gasteiger partial charge in [-0.25, -0.2) is 4.68 Å². The van der Waals surface area contributed by atoms with Crippen molar-refractivity contribution in [2.75, 3.05) is 6.54 Å². The van der Waals surface area contributed by atoms with E-state index in [1.165, 1.54) is 6.20 Å². The summed E-state index contributed by atoms with van der Waals surface area (Å²) in [6.07, 6.45) is 3.99. The lowest BCUT2D eigenvalue weighted by Crippen LogP contribution is -2.13. The summed E-state index contributed by atoms with van der Waals surface area (Å²) in [5.41, 5.74) is 2.09. The Morgan fingerprint density at radius 1 is 1.28 bits per heavy atom. The van der Waals surface area contributed by atoms with Gasteiger partial charge in [-0.15, -0.1) is 15.3 Å². The molecule has 0 radical (unpaired) electrons. The lowest BCUT2D eigenvalue weighted by atomic mass is 9.97. The summed E-state index contributed by atoms with van der Waals surface area (Å²) in [6.45, 7) is 3.15. The fourth-order valence-corrected chi connectivity index (χ4v) is 2.90. The molecule has 0 bridgehead atoms. The molecule has 0 aromatic carbocycles. The number of amides is 1. The second-order valence-electron chi connectivity index (χ2n) is 6.44. The molecule has 0 saturated heterocycles. The van der Waals surface area contributed by atoms with E-state index in [0.29, 0.717) is 25.1 Å². The van der Waals surface area contributed by atoms with Gasteiger partial charge >= 0.3 is 6.43 Å². The first-order chi connectivity index (χ1) is 14.1. The van der Waals surface area contributed by atoms with Gasteiger partial charge in [0.05, 0.1) is 23.5 Å². The molecule has 0 spiro atoms. The highest BCUT2D eigenvalue weighted by molar-refractivity contribution is 5.50. The second-order valence-corrected chi connectivity index (χ2v) is 6.44. The SMILES string of the molecule is CCC(CCCNC=O)c1cn(Cc2ccc(-c3nnc(C(F)F)o3)cn2)nn1. The summed E-state index contributed by atoms with van der Waals surface area (Å²) in [6, 6.07) is 3.42. The van der Waals surface area contributed by atoms with E-state index in [1.54, 1.807) is 16.8 Å². The third kappa shape index (κ3) is 5.39. The maximum atomic E-state index is 12.5. The number of hydrogen-bond acceptors (Lipinski definition) is 7. The zero-order chi connectivity index (χ0) is 20.6. The fourth-order valence-electron chi connectivity index (χ4n) is 2.90. The van der Waals surface area contributed by atoms with E-state index in [2.05, 4.69) is 37.7 Å². The minimum Gasteiger partial charge on any atom is -0.415 e. The molecule has 3 rings (SSSR count). The highest BCUT2D eigenvalue weighted by Gasteiger charge is 2.17. The van der Waals surface area contributed by atoms with Crippen molar-refractivity contribution in [3.8, 4) is 11.5 Å². The molecule has 29 heavy (non-hydrogen) atoms. The highest BCUT2D eigenvalue weighted by Crippen LogP contribution is 2.24. The van der Waals surface area contributed by atoms with Crippen LogP contribution < -0.4 is 5.32 Å². The Labute approximate surface area is 165 Å². The first-order valence-corrected chi connectivity index (χ1v) is 9.24. The number of alkyl halides is 2. The number of pyridine rings is 1.